The van der Waals surface area contributed by atoms with Crippen molar-refractivity contribution >= 4 is 66.8 Å². The third-order valence-electron chi connectivity index (χ3n) is 3.69. The van der Waals surface area contributed by atoms with Crippen LogP contribution >= 0.6 is 34.0 Å². The van der Waals surface area contributed by atoms with Gasteiger partial charge in [-0.1, -0.05) is 0 Å². The zero-order valence-corrected chi connectivity index (χ0v) is 15.5. The molecule has 0 radical (unpaired) electrons. The number of nitrogens with two attached hydrogens (primary N) is 2. The number of rotatable bonds is 3. The molecule has 4 rings (SSSR count). The summed E-state index contributed by atoms with van der Waals surface area (Å²) in [6, 6.07) is 3.98. The third kappa shape index (κ3) is 2.59. The Hall–Kier alpha value is -3.00. The van der Waals surface area contributed by atoms with Gasteiger partial charge in [0.15, 0.2) is 5.13 Å². The van der Waals surface area contributed by atoms with Crippen LogP contribution in [0.4, 0.5) is 16.6 Å². The number of fused-ring (bicyclic) bond motifs is 1. The Bertz CT molecular complexity index is 1160. The van der Waals surface area contributed by atoms with Gasteiger partial charge in [0.05, 0.1) is 5.69 Å². The Morgan fingerprint density at radius 3 is 2.81 bits per heavy atom. The summed E-state index contributed by atoms with van der Waals surface area (Å²) in [5, 5.41) is 18.9. The molecule has 0 fully saturated rings. The fourth-order valence-corrected chi connectivity index (χ4v) is 4.76. The van der Waals surface area contributed by atoms with Gasteiger partial charge in [-0.15, -0.1) is 22.7 Å². The van der Waals surface area contributed by atoms with Crippen molar-refractivity contribution in [2.45, 2.75) is 0 Å². The second kappa shape index (κ2) is 6.38. The lowest BCUT2D eigenvalue weighted by atomic mass is 9.99. The van der Waals surface area contributed by atoms with Crippen molar-refractivity contribution < 1.29 is 4.79 Å². The summed E-state index contributed by atoms with van der Waals surface area (Å²) in [7, 11) is 0. The van der Waals surface area contributed by atoms with E-state index in [0.717, 1.165) is 16.9 Å². The smallest absolute Gasteiger partial charge is 0.269 e. The molecule has 0 saturated carbocycles. The van der Waals surface area contributed by atoms with Crippen molar-refractivity contribution in [1.82, 2.24) is 9.97 Å². The lowest BCUT2D eigenvalue weighted by Gasteiger charge is -2.07. The summed E-state index contributed by atoms with van der Waals surface area (Å²) in [6.07, 6.45) is 1.60. The van der Waals surface area contributed by atoms with Crippen LogP contribution in [0.25, 0.3) is 21.3 Å². The maximum Gasteiger partial charge on any atom is 0.269 e. The normalized spacial score (nSPS) is 10.7. The molecule has 0 bridgehead atoms. The lowest BCUT2D eigenvalue weighted by Crippen LogP contribution is -2.11. The average Bonchev–Trinajstić information content (AvgIpc) is 3.35. The number of carbonyl (C=O) groups is 1. The van der Waals surface area contributed by atoms with Crippen LogP contribution in [0.15, 0.2) is 28.4 Å². The largest absolute Gasteiger partial charge is 0.397 e. The quantitative estimate of drug-likeness (QED) is 0.481. The molecule has 0 aromatic carbocycles. The molecule has 0 unspecified atom stereocenters. The van der Waals surface area contributed by atoms with E-state index in [4.69, 9.17) is 11.5 Å². The van der Waals surface area contributed by atoms with Gasteiger partial charge in [0.1, 0.15) is 27.2 Å². The number of nitrogens with one attached hydrogen (secondary N) is 1. The SMILES string of the molecule is N#Cc1c(N)nc2sc(C(=O)Nc3nccs3)c(N)c2c1-c1ccsc1. The van der Waals surface area contributed by atoms with Gasteiger partial charge in [-0.25, -0.2) is 9.97 Å². The maximum absolute atomic E-state index is 12.6. The number of aromatic nitrogens is 2. The van der Waals surface area contributed by atoms with E-state index in [1.165, 1.54) is 22.7 Å². The van der Waals surface area contributed by atoms with Crippen LogP contribution in [0.3, 0.4) is 0 Å². The molecular formula is C16H10N6OS3. The van der Waals surface area contributed by atoms with Crippen molar-refractivity contribution in [2.24, 2.45) is 0 Å². The van der Waals surface area contributed by atoms with Crippen LogP contribution in [0.5, 0.6) is 0 Å². The molecule has 4 aromatic rings. The summed E-state index contributed by atoms with van der Waals surface area (Å²) in [5.74, 6) is -0.247. The third-order valence-corrected chi connectivity index (χ3v) is 6.16. The molecule has 26 heavy (non-hydrogen) atoms. The predicted molar refractivity (Wildman–Crippen MR) is 107 cm³/mol. The van der Waals surface area contributed by atoms with Crippen LogP contribution in [0.2, 0.25) is 0 Å². The topological polar surface area (TPSA) is 131 Å². The molecule has 0 atom stereocenters. The molecule has 0 aliphatic carbocycles. The first-order chi connectivity index (χ1) is 12.6. The summed E-state index contributed by atoms with van der Waals surface area (Å²) in [5.41, 5.74) is 14.2. The minimum Gasteiger partial charge on any atom is -0.397 e. The molecule has 0 spiro atoms. The Balaban J connectivity index is 1.94. The number of amides is 1. The molecule has 4 aromatic heterocycles. The number of nitrogen functional groups attached to an aromatic ring is 2. The number of thiophene rings is 2. The predicted octanol–water partition coefficient (Wildman–Crippen LogP) is 3.77. The zero-order valence-electron chi connectivity index (χ0n) is 13.0. The Morgan fingerprint density at radius 2 is 2.15 bits per heavy atom. The van der Waals surface area contributed by atoms with E-state index in [1.54, 1.807) is 11.6 Å². The van der Waals surface area contributed by atoms with Crippen molar-refractivity contribution in [3.8, 4) is 17.2 Å². The van der Waals surface area contributed by atoms with E-state index in [1.807, 2.05) is 16.8 Å². The van der Waals surface area contributed by atoms with Crippen LogP contribution in [-0.2, 0) is 0 Å². The first-order valence-electron chi connectivity index (χ1n) is 7.25. The van der Waals surface area contributed by atoms with Gasteiger partial charge in [-0.2, -0.15) is 16.6 Å². The highest BCUT2D eigenvalue weighted by atomic mass is 32.1. The number of nitrogens with zero attached hydrogens (tertiary/aromatic N) is 3. The number of anilines is 3. The Labute approximate surface area is 159 Å². The summed E-state index contributed by atoms with van der Waals surface area (Å²) < 4.78 is 0. The van der Waals surface area contributed by atoms with E-state index in [0.29, 0.717) is 25.8 Å². The number of pyridine rings is 1. The fraction of sp³-hybridized carbons (Fsp3) is 0. The highest BCUT2D eigenvalue weighted by Crippen LogP contribution is 2.43. The van der Waals surface area contributed by atoms with E-state index in [-0.39, 0.29) is 23.0 Å². The monoisotopic (exact) mass is 398 g/mol. The van der Waals surface area contributed by atoms with E-state index in [9.17, 15) is 10.1 Å². The number of carbonyl (C=O) groups excluding carboxylic acids is 1. The van der Waals surface area contributed by atoms with Crippen molar-refractivity contribution in [1.29, 1.82) is 5.26 Å². The van der Waals surface area contributed by atoms with E-state index < -0.39 is 0 Å². The summed E-state index contributed by atoms with van der Waals surface area (Å²) in [4.78, 5) is 21.8. The molecule has 7 nitrogen and oxygen atoms in total. The number of hydrogen-bond donors (Lipinski definition) is 3. The van der Waals surface area contributed by atoms with Crippen molar-refractivity contribution in [3.05, 3.63) is 38.8 Å². The van der Waals surface area contributed by atoms with Crippen LogP contribution in [0.1, 0.15) is 15.2 Å². The number of nitriles is 1. The second-order valence-corrected chi connectivity index (χ2v) is 7.86. The molecule has 4 heterocycles. The highest BCUT2D eigenvalue weighted by Gasteiger charge is 2.24. The number of hydrogen-bond acceptors (Lipinski definition) is 9. The molecular weight excluding hydrogens is 388 g/mol. The molecule has 0 aliphatic rings. The van der Waals surface area contributed by atoms with Gasteiger partial charge in [-0.05, 0) is 22.4 Å². The van der Waals surface area contributed by atoms with Crippen molar-refractivity contribution in [2.75, 3.05) is 16.8 Å². The summed E-state index contributed by atoms with van der Waals surface area (Å²) >= 11 is 3.95. The molecule has 128 valence electrons. The average molecular weight is 398 g/mol. The van der Waals surface area contributed by atoms with Gasteiger partial charge >= 0.3 is 0 Å². The van der Waals surface area contributed by atoms with Crippen LogP contribution in [-0.4, -0.2) is 15.9 Å². The number of thiazole rings is 1. The standard InChI is InChI=1S/C16H10N6OS3/c17-5-8-9(7-1-3-24-6-7)10-11(18)12(26-15(10)21-13(8)19)14(23)22-16-20-2-4-25-16/h1-4,6H,18H2,(H2,19,21)(H,20,22,23). The van der Waals surface area contributed by atoms with Gasteiger partial charge in [0.25, 0.3) is 5.91 Å². The first-order valence-corrected chi connectivity index (χ1v) is 9.89. The molecule has 1 amide bonds. The Kier molecular flexibility index (Phi) is 4.04. The zero-order chi connectivity index (χ0) is 18.3. The van der Waals surface area contributed by atoms with E-state index >= 15 is 0 Å². The fourth-order valence-electron chi connectivity index (χ4n) is 2.59. The minimum atomic E-state index is -0.367. The maximum atomic E-state index is 12.6. The van der Waals surface area contributed by atoms with Gasteiger partial charge in [0, 0.05) is 22.5 Å². The second-order valence-electron chi connectivity index (χ2n) is 5.19. The molecule has 0 aliphatic heterocycles. The molecule has 10 heteroatoms. The van der Waals surface area contributed by atoms with Crippen molar-refractivity contribution in [3.63, 3.8) is 0 Å². The molecule has 0 saturated heterocycles. The van der Waals surface area contributed by atoms with E-state index in [2.05, 4.69) is 21.4 Å². The highest BCUT2D eigenvalue weighted by molar-refractivity contribution is 7.21. The first kappa shape index (κ1) is 16.5. The van der Waals surface area contributed by atoms with Gasteiger partial charge in [-0.3, -0.25) is 10.1 Å². The minimum absolute atomic E-state index is 0.120. The Morgan fingerprint density at radius 1 is 1.31 bits per heavy atom. The lowest BCUT2D eigenvalue weighted by molar-refractivity contribution is 0.103. The van der Waals surface area contributed by atoms with Gasteiger partial charge in [0.2, 0.25) is 0 Å². The summed E-state index contributed by atoms with van der Waals surface area (Å²) in [6.45, 7) is 0. The van der Waals surface area contributed by atoms with Crippen LogP contribution < -0.4 is 16.8 Å². The molecule has 5 N–H and O–H groups in total. The van der Waals surface area contributed by atoms with Gasteiger partial charge < -0.3 is 11.5 Å². The van der Waals surface area contributed by atoms with Crippen LogP contribution in [0, 0.1) is 11.3 Å².